The Morgan fingerprint density at radius 2 is 1.25 bits per heavy atom. The maximum absolute atomic E-state index is 3.00. The Morgan fingerprint density at radius 1 is 1.12 bits per heavy atom. The van der Waals surface area contributed by atoms with Gasteiger partial charge in [0, 0.05) is 0 Å². The smallest absolute Gasteiger partial charge is 0.0385 e. The minimum Gasteiger partial charge on any atom is -0.106 e. The van der Waals surface area contributed by atoms with Crippen LogP contribution in [0, 0.1) is 5.41 Å². The molecule has 0 rings (SSSR count). The van der Waals surface area contributed by atoms with Crippen molar-refractivity contribution in [2.75, 3.05) is 0 Å². The average Bonchev–Trinajstić information content (AvgIpc) is 1.71. The van der Waals surface area contributed by atoms with Gasteiger partial charge in [-0.2, -0.15) is 0 Å². The minimum atomic E-state index is 0.542. The summed E-state index contributed by atoms with van der Waals surface area (Å²) in [5.74, 6) is 0. The number of rotatable bonds is 0. The van der Waals surface area contributed by atoms with E-state index in [0.29, 0.717) is 5.41 Å². The summed E-state index contributed by atoms with van der Waals surface area (Å²) in [4.78, 5) is 0. The molecule has 0 nitrogen and oxygen atoms in total. The predicted octanol–water partition coefficient (Wildman–Crippen LogP) is 3.24. The highest BCUT2D eigenvalue weighted by Gasteiger charge is 2.03. The first-order valence-electron chi connectivity index (χ1n) is 3.06. The van der Waals surface area contributed by atoms with Gasteiger partial charge in [-0.3, -0.25) is 0 Å². The summed E-state index contributed by atoms with van der Waals surface area (Å²) < 4.78 is 0. The first-order valence-corrected chi connectivity index (χ1v) is 3.06. The second kappa shape index (κ2) is 4.89. The molecule has 0 heteroatoms. The summed E-state index contributed by atoms with van der Waals surface area (Å²) in [7, 11) is 0. The zero-order chi connectivity index (χ0) is 7.21. The largest absolute Gasteiger partial charge is 0.106 e. The van der Waals surface area contributed by atoms with Gasteiger partial charge in [0.25, 0.3) is 0 Å². The SMILES string of the molecule is C=C.CCC(C)(C)C. The van der Waals surface area contributed by atoms with Gasteiger partial charge in [0.1, 0.15) is 0 Å². The lowest BCUT2D eigenvalue weighted by Crippen LogP contribution is -2.00. The van der Waals surface area contributed by atoms with Crippen LogP contribution < -0.4 is 0 Å². The van der Waals surface area contributed by atoms with E-state index >= 15 is 0 Å². The quantitative estimate of drug-likeness (QED) is 0.424. The van der Waals surface area contributed by atoms with Gasteiger partial charge in [-0.1, -0.05) is 34.1 Å². The van der Waals surface area contributed by atoms with E-state index in [1.54, 1.807) is 0 Å². The fraction of sp³-hybridized carbons (Fsp3) is 0.750. The lowest BCUT2D eigenvalue weighted by Gasteiger charge is -2.12. The maximum Gasteiger partial charge on any atom is -0.0385 e. The highest BCUT2D eigenvalue weighted by Crippen LogP contribution is 2.16. The van der Waals surface area contributed by atoms with Crippen LogP contribution in [0.25, 0.3) is 0 Å². The molecule has 0 heterocycles. The van der Waals surface area contributed by atoms with Gasteiger partial charge in [-0.05, 0) is 5.41 Å². The molecule has 0 aromatic heterocycles. The predicted molar refractivity (Wildman–Crippen MR) is 41.0 cm³/mol. The summed E-state index contributed by atoms with van der Waals surface area (Å²) in [6.45, 7) is 14.9. The molecular weight excluding hydrogens is 96.1 g/mol. The first kappa shape index (κ1) is 10.7. The standard InChI is InChI=1S/C6H14.C2H4/c1-5-6(2,3)4;1-2/h5H2,1-4H3;1-2H2. The lowest BCUT2D eigenvalue weighted by atomic mass is 9.94. The van der Waals surface area contributed by atoms with Crippen LogP contribution >= 0.6 is 0 Å². The van der Waals surface area contributed by atoms with E-state index in [-0.39, 0.29) is 0 Å². The second-order valence-electron chi connectivity index (χ2n) is 2.91. The van der Waals surface area contributed by atoms with Crippen molar-refractivity contribution in [1.29, 1.82) is 0 Å². The number of hydrogen-bond acceptors (Lipinski definition) is 0. The highest BCUT2D eigenvalue weighted by molar-refractivity contribution is 4.55. The zero-order valence-electron chi connectivity index (χ0n) is 6.62. The molecule has 0 fully saturated rings. The van der Waals surface area contributed by atoms with E-state index in [1.807, 2.05) is 0 Å². The second-order valence-corrected chi connectivity index (χ2v) is 2.91. The van der Waals surface area contributed by atoms with E-state index in [9.17, 15) is 0 Å². The van der Waals surface area contributed by atoms with E-state index < -0.39 is 0 Å². The van der Waals surface area contributed by atoms with Crippen molar-refractivity contribution < 1.29 is 0 Å². The summed E-state index contributed by atoms with van der Waals surface area (Å²) in [6, 6.07) is 0. The lowest BCUT2D eigenvalue weighted by molar-refractivity contribution is 0.398. The molecule has 0 bridgehead atoms. The van der Waals surface area contributed by atoms with Gasteiger partial charge in [-0.15, -0.1) is 13.2 Å². The third-order valence-electron chi connectivity index (χ3n) is 1.06. The Labute approximate surface area is 53.6 Å². The topological polar surface area (TPSA) is 0 Å². The molecule has 0 aliphatic rings. The van der Waals surface area contributed by atoms with Crippen molar-refractivity contribution in [2.45, 2.75) is 34.1 Å². The van der Waals surface area contributed by atoms with Gasteiger partial charge in [0.15, 0.2) is 0 Å². The van der Waals surface area contributed by atoms with Gasteiger partial charge >= 0.3 is 0 Å². The molecule has 0 aliphatic carbocycles. The first-order chi connectivity index (χ1) is 3.56. The minimum absolute atomic E-state index is 0.542. The molecule has 0 aliphatic heterocycles. The summed E-state index contributed by atoms with van der Waals surface area (Å²) in [5, 5.41) is 0. The third kappa shape index (κ3) is 17.2. The molecule has 0 N–H and O–H groups in total. The molecule has 8 heavy (non-hydrogen) atoms. The van der Waals surface area contributed by atoms with Crippen LogP contribution in [0.4, 0.5) is 0 Å². The zero-order valence-corrected chi connectivity index (χ0v) is 6.62. The van der Waals surface area contributed by atoms with Crippen LogP contribution in [-0.2, 0) is 0 Å². The van der Waals surface area contributed by atoms with E-state index in [2.05, 4.69) is 40.9 Å². The molecule has 0 radical (unpaired) electrons. The van der Waals surface area contributed by atoms with Crippen molar-refractivity contribution >= 4 is 0 Å². The molecular formula is C8H18. The van der Waals surface area contributed by atoms with Crippen molar-refractivity contribution in [3.63, 3.8) is 0 Å². The van der Waals surface area contributed by atoms with Gasteiger partial charge < -0.3 is 0 Å². The normalized spacial score (nSPS) is 9.50. The fourth-order valence-electron chi connectivity index (χ4n) is 0. The van der Waals surface area contributed by atoms with Crippen LogP contribution in [0.2, 0.25) is 0 Å². The third-order valence-corrected chi connectivity index (χ3v) is 1.06. The van der Waals surface area contributed by atoms with E-state index in [4.69, 9.17) is 0 Å². The molecule has 0 amide bonds. The molecule has 0 saturated heterocycles. The maximum atomic E-state index is 3.00. The molecule has 0 aromatic carbocycles. The van der Waals surface area contributed by atoms with Crippen LogP contribution in [-0.4, -0.2) is 0 Å². The molecule has 0 spiro atoms. The summed E-state index contributed by atoms with van der Waals surface area (Å²) in [6.07, 6.45) is 1.27. The summed E-state index contributed by atoms with van der Waals surface area (Å²) >= 11 is 0. The summed E-state index contributed by atoms with van der Waals surface area (Å²) in [5.41, 5.74) is 0.542. The number of hydrogen-bond donors (Lipinski definition) is 0. The highest BCUT2D eigenvalue weighted by atomic mass is 14.1. The Hall–Kier alpha value is -0.260. The monoisotopic (exact) mass is 114 g/mol. The van der Waals surface area contributed by atoms with Crippen LogP contribution in [0.1, 0.15) is 34.1 Å². The van der Waals surface area contributed by atoms with Gasteiger partial charge in [-0.25, -0.2) is 0 Å². The Morgan fingerprint density at radius 3 is 1.25 bits per heavy atom. The molecule has 0 aromatic rings. The van der Waals surface area contributed by atoms with E-state index in [1.165, 1.54) is 6.42 Å². The average molecular weight is 114 g/mol. The molecule has 0 atom stereocenters. The van der Waals surface area contributed by atoms with Crippen molar-refractivity contribution in [3.8, 4) is 0 Å². The molecule has 50 valence electrons. The van der Waals surface area contributed by atoms with Crippen LogP contribution in [0.15, 0.2) is 13.2 Å². The van der Waals surface area contributed by atoms with Crippen LogP contribution in [0.3, 0.4) is 0 Å². The van der Waals surface area contributed by atoms with Crippen molar-refractivity contribution in [2.24, 2.45) is 5.41 Å². The molecule has 0 unspecified atom stereocenters. The van der Waals surface area contributed by atoms with Gasteiger partial charge in [0.2, 0.25) is 0 Å². The van der Waals surface area contributed by atoms with Gasteiger partial charge in [0.05, 0.1) is 0 Å². The Balaban J connectivity index is 0. The van der Waals surface area contributed by atoms with Crippen LogP contribution in [0.5, 0.6) is 0 Å². The van der Waals surface area contributed by atoms with Crippen molar-refractivity contribution in [3.05, 3.63) is 13.2 Å². The van der Waals surface area contributed by atoms with E-state index in [0.717, 1.165) is 0 Å². The Bertz CT molecular complexity index is 38.5. The molecule has 0 saturated carbocycles. The fourth-order valence-corrected chi connectivity index (χ4v) is 0. The Kier molecular flexibility index (Phi) is 6.52. The van der Waals surface area contributed by atoms with Crippen molar-refractivity contribution in [1.82, 2.24) is 0 Å².